The molecule has 0 saturated carbocycles. The van der Waals surface area contributed by atoms with Crippen molar-refractivity contribution in [3.63, 3.8) is 0 Å². The van der Waals surface area contributed by atoms with Crippen LogP contribution in [0.25, 0.3) is 100 Å². The SMILES string of the molecule is Cc1cc2c(c(-c3ccccc3-c3c(N)c(N)c(-c4c(C)c(C)cc5c4Cc4ccccc4-5)c(-c4c(C)c(C)cc5c4Cc4ccccc4-5)c3-c3c(C)c(C)cc4c3Cc3ccccc3-4)c1C)Cc1ccccc1-2. The van der Waals surface area contributed by atoms with Gasteiger partial charge in [0.15, 0.2) is 0 Å². The Morgan fingerprint density at radius 2 is 0.486 bits per heavy atom. The molecule has 4 aliphatic carbocycles. The Morgan fingerprint density at radius 3 is 0.838 bits per heavy atom. The van der Waals surface area contributed by atoms with Crippen molar-refractivity contribution in [1.82, 2.24) is 0 Å². The van der Waals surface area contributed by atoms with Gasteiger partial charge in [0.2, 0.25) is 0 Å². The van der Waals surface area contributed by atoms with Crippen LogP contribution in [-0.4, -0.2) is 0 Å². The Balaban J connectivity index is 1.21. The third-order valence-corrected chi connectivity index (χ3v) is 18.3. The average Bonchev–Trinajstić information content (AvgIpc) is 4.17. The van der Waals surface area contributed by atoms with Gasteiger partial charge in [-0.3, -0.25) is 0 Å². The van der Waals surface area contributed by atoms with Crippen molar-refractivity contribution in [2.45, 2.75) is 81.1 Å². The van der Waals surface area contributed by atoms with E-state index < -0.39 is 0 Å². The molecule has 4 N–H and O–H groups in total. The molecule has 0 saturated heterocycles. The monoisotopic (exact) mass is 952 g/mol. The summed E-state index contributed by atoms with van der Waals surface area (Å²) in [5.41, 5.74) is 61.1. The molecule has 0 aromatic heterocycles. The van der Waals surface area contributed by atoms with Gasteiger partial charge in [-0.15, -0.1) is 0 Å². The summed E-state index contributed by atoms with van der Waals surface area (Å²) in [4.78, 5) is 0. The number of benzene rings is 10. The number of hydrogen-bond donors (Lipinski definition) is 2. The second kappa shape index (κ2) is 16.1. The van der Waals surface area contributed by atoms with Gasteiger partial charge < -0.3 is 11.5 Å². The molecular weight excluding hydrogens is 893 g/mol. The van der Waals surface area contributed by atoms with E-state index in [9.17, 15) is 0 Å². The van der Waals surface area contributed by atoms with Gasteiger partial charge in [0.05, 0.1) is 11.4 Å². The van der Waals surface area contributed by atoms with E-state index in [-0.39, 0.29) is 0 Å². The molecule has 0 spiro atoms. The van der Waals surface area contributed by atoms with Gasteiger partial charge in [-0.1, -0.05) is 146 Å². The number of anilines is 2. The fraction of sp³-hybridized carbons (Fsp3) is 0.167. The Morgan fingerprint density at radius 1 is 0.243 bits per heavy atom. The van der Waals surface area contributed by atoms with Crippen LogP contribution >= 0.6 is 0 Å². The molecule has 0 unspecified atom stereocenters. The minimum Gasteiger partial charge on any atom is -0.397 e. The first kappa shape index (κ1) is 44.5. The van der Waals surface area contributed by atoms with E-state index in [0.29, 0.717) is 11.4 Å². The van der Waals surface area contributed by atoms with Crippen molar-refractivity contribution in [2.24, 2.45) is 0 Å². The summed E-state index contributed by atoms with van der Waals surface area (Å²) >= 11 is 0. The molecule has 14 rings (SSSR count). The Kier molecular flexibility index (Phi) is 9.71. The molecule has 0 atom stereocenters. The average molecular weight is 953 g/mol. The van der Waals surface area contributed by atoms with E-state index in [1.165, 1.54) is 172 Å². The maximum absolute atomic E-state index is 8.19. The molecule has 10 aromatic carbocycles. The van der Waals surface area contributed by atoms with Crippen LogP contribution in [0.1, 0.15) is 89.0 Å². The standard InChI is InChI=1S/C72H60N2/c1-37-29-55-49-23-13-9-19-45(49)33-59(55)63(41(37)5)53-27-17-18-28-54(53)67-68(64-42(6)38(2)30-56-50-24-14-10-20-46(50)34-60(56)64)69(65-43(7)39(3)31-57-51-25-15-11-21-47(51)35-61(57)65)70(72(74)71(67)73)66-44(8)40(4)32-58-52-26-16-12-22-48(52)36-62(58)66/h9-32H,33-36,73-74H2,1-8H3. The van der Waals surface area contributed by atoms with Gasteiger partial charge in [-0.05, 0) is 248 Å². The summed E-state index contributed by atoms with van der Waals surface area (Å²) in [6.45, 7) is 18.6. The number of aryl methyl sites for hydroxylation is 4. The first-order valence-electron chi connectivity index (χ1n) is 26.6. The molecule has 10 aromatic rings. The number of nitrogen functional groups attached to an aromatic ring is 2. The highest BCUT2D eigenvalue weighted by Gasteiger charge is 2.38. The van der Waals surface area contributed by atoms with Gasteiger partial charge in [0, 0.05) is 22.3 Å². The smallest absolute Gasteiger partial charge is 0.0640 e. The van der Waals surface area contributed by atoms with Crippen LogP contribution in [0.5, 0.6) is 0 Å². The quantitative estimate of drug-likeness (QED) is 0.169. The van der Waals surface area contributed by atoms with Crippen molar-refractivity contribution in [3.8, 4) is 100 Å². The van der Waals surface area contributed by atoms with E-state index in [0.717, 1.165) is 42.4 Å². The van der Waals surface area contributed by atoms with Crippen molar-refractivity contribution >= 4 is 11.4 Å². The zero-order valence-electron chi connectivity index (χ0n) is 43.8. The predicted molar refractivity (Wildman–Crippen MR) is 313 cm³/mol. The minimum absolute atomic E-state index is 0.636. The summed E-state index contributed by atoms with van der Waals surface area (Å²) in [5, 5.41) is 0. The fourth-order valence-electron chi connectivity index (χ4n) is 14.2. The van der Waals surface area contributed by atoms with Crippen LogP contribution in [0.2, 0.25) is 0 Å². The number of hydrogen-bond acceptors (Lipinski definition) is 2. The van der Waals surface area contributed by atoms with E-state index in [1.807, 2.05) is 0 Å². The molecule has 74 heavy (non-hydrogen) atoms. The van der Waals surface area contributed by atoms with Crippen LogP contribution in [0.4, 0.5) is 11.4 Å². The third-order valence-electron chi connectivity index (χ3n) is 18.3. The van der Waals surface area contributed by atoms with Crippen molar-refractivity contribution in [2.75, 3.05) is 11.5 Å². The summed E-state index contributed by atoms with van der Waals surface area (Å²) in [7, 11) is 0. The fourth-order valence-corrected chi connectivity index (χ4v) is 14.2. The molecule has 4 aliphatic rings. The molecule has 2 nitrogen and oxygen atoms in total. The normalized spacial score (nSPS) is 13.0. The maximum atomic E-state index is 8.19. The molecule has 0 radical (unpaired) electrons. The highest BCUT2D eigenvalue weighted by Crippen LogP contribution is 2.61. The zero-order chi connectivity index (χ0) is 50.6. The number of fused-ring (bicyclic) bond motifs is 12. The highest BCUT2D eigenvalue weighted by molar-refractivity contribution is 6.17. The number of rotatable bonds is 5. The van der Waals surface area contributed by atoms with E-state index >= 15 is 0 Å². The lowest BCUT2D eigenvalue weighted by atomic mass is 9.72. The summed E-state index contributed by atoms with van der Waals surface area (Å²) in [5.74, 6) is 0. The Bertz CT molecular complexity index is 4180. The second-order valence-electron chi connectivity index (χ2n) is 22.1. The first-order chi connectivity index (χ1) is 35.9. The Hall–Kier alpha value is -8.20. The highest BCUT2D eigenvalue weighted by atomic mass is 14.7. The molecule has 0 bridgehead atoms. The minimum atomic E-state index is 0.636. The molecule has 0 amide bonds. The summed E-state index contributed by atoms with van der Waals surface area (Å²) < 4.78 is 0. The maximum Gasteiger partial charge on any atom is 0.0640 e. The van der Waals surface area contributed by atoms with Gasteiger partial charge in [0.1, 0.15) is 0 Å². The topological polar surface area (TPSA) is 52.0 Å². The number of nitrogens with two attached hydrogens (primary N) is 2. The van der Waals surface area contributed by atoms with Gasteiger partial charge in [0.25, 0.3) is 0 Å². The van der Waals surface area contributed by atoms with Crippen LogP contribution in [0.3, 0.4) is 0 Å². The lowest BCUT2D eigenvalue weighted by Crippen LogP contribution is -2.11. The van der Waals surface area contributed by atoms with Crippen LogP contribution in [0.15, 0.2) is 146 Å². The predicted octanol–water partition coefficient (Wildman–Crippen LogP) is 17.9. The van der Waals surface area contributed by atoms with E-state index in [1.54, 1.807) is 0 Å². The molecule has 0 heterocycles. The molecular formula is C72H60N2. The third kappa shape index (κ3) is 6.12. The molecule has 2 heteroatoms. The van der Waals surface area contributed by atoms with Crippen LogP contribution < -0.4 is 11.5 Å². The van der Waals surface area contributed by atoms with Gasteiger partial charge in [-0.25, -0.2) is 0 Å². The zero-order valence-corrected chi connectivity index (χ0v) is 43.8. The van der Waals surface area contributed by atoms with Crippen molar-refractivity contribution in [1.29, 1.82) is 0 Å². The van der Waals surface area contributed by atoms with Crippen LogP contribution in [-0.2, 0) is 25.7 Å². The second-order valence-corrected chi connectivity index (χ2v) is 22.1. The van der Waals surface area contributed by atoms with Crippen molar-refractivity contribution < 1.29 is 0 Å². The van der Waals surface area contributed by atoms with E-state index in [2.05, 4.69) is 201 Å². The first-order valence-corrected chi connectivity index (χ1v) is 26.6. The molecule has 0 aliphatic heterocycles. The summed E-state index contributed by atoms with van der Waals surface area (Å²) in [6, 6.07) is 55.0. The molecule has 358 valence electrons. The summed E-state index contributed by atoms with van der Waals surface area (Å²) in [6.07, 6.45) is 3.36. The van der Waals surface area contributed by atoms with Crippen molar-refractivity contribution in [3.05, 3.63) is 235 Å². The Labute approximate surface area is 436 Å². The largest absolute Gasteiger partial charge is 0.397 e. The van der Waals surface area contributed by atoms with E-state index in [4.69, 9.17) is 11.5 Å². The van der Waals surface area contributed by atoms with Crippen LogP contribution in [0, 0.1) is 55.4 Å². The molecule has 0 fully saturated rings. The lowest BCUT2D eigenvalue weighted by molar-refractivity contribution is 1.21. The van der Waals surface area contributed by atoms with Gasteiger partial charge in [-0.2, -0.15) is 0 Å². The van der Waals surface area contributed by atoms with Gasteiger partial charge >= 0.3 is 0 Å². The lowest BCUT2D eigenvalue weighted by Gasteiger charge is -2.31.